The van der Waals surface area contributed by atoms with Gasteiger partial charge in [0.15, 0.2) is 5.16 Å². The van der Waals surface area contributed by atoms with Gasteiger partial charge in [0.25, 0.3) is 0 Å². The Labute approximate surface area is 193 Å². The van der Waals surface area contributed by atoms with Crippen LogP contribution in [0.3, 0.4) is 0 Å². The lowest BCUT2D eigenvalue weighted by Crippen LogP contribution is -2.35. The Balaban J connectivity index is 1.47. The maximum Gasteiger partial charge on any atom is 0.237 e. The van der Waals surface area contributed by atoms with Gasteiger partial charge in [-0.25, -0.2) is 0 Å². The number of ether oxygens (including phenoxy) is 1. The maximum atomic E-state index is 12.8. The molecule has 1 N–H and O–H groups in total. The molecule has 2 atom stereocenters. The molecule has 0 saturated carbocycles. The molecule has 170 valence electrons. The predicted octanol–water partition coefficient (Wildman–Crippen LogP) is 3.68. The third kappa shape index (κ3) is 5.43. The van der Waals surface area contributed by atoms with E-state index in [-0.39, 0.29) is 17.3 Å². The highest BCUT2D eigenvalue weighted by Gasteiger charge is 2.27. The first-order valence-corrected chi connectivity index (χ1v) is 12.2. The van der Waals surface area contributed by atoms with E-state index < -0.39 is 0 Å². The van der Waals surface area contributed by atoms with Crippen molar-refractivity contribution in [2.45, 2.75) is 62.6 Å². The second-order valence-electron chi connectivity index (χ2n) is 8.64. The minimum atomic E-state index is -0.354. The summed E-state index contributed by atoms with van der Waals surface area (Å²) in [7, 11) is 0. The van der Waals surface area contributed by atoms with E-state index in [9.17, 15) is 4.79 Å². The highest BCUT2D eigenvalue weighted by Crippen LogP contribution is 2.30. The molecule has 2 aliphatic heterocycles. The normalized spacial score (nSPS) is 20.2. The number of amides is 1. The molecule has 0 spiro atoms. The zero-order chi connectivity index (χ0) is 22.5. The van der Waals surface area contributed by atoms with Gasteiger partial charge in [0.1, 0.15) is 0 Å². The molecule has 1 amide bonds. The van der Waals surface area contributed by atoms with Gasteiger partial charge in [-0.1, -0.05) is 18.7 Å². The summed E-state index contributed by atoms with van der Waals surface area (Å²) in [6.07, 6.45) is 4.58. The van der Waals surface area contributed by atoms with Crippen LogP contribution in [0.1, 0.15) is 45.1 Å². The number of benzene rings is 1. The molecule has 32 heavy (non-hydrogen) atoms. The summed E-state index contributed by atoms with van der Waals surface area (Å²) >= 11 is 1.42. The van der Waals surface area contributed by atoms with Gasteiger partial charge in [0, 0.05) is 25.4 Å². The van der Waals surface area contributed by atoms with E-state index in [1.54, 1.807) is 24.3 Å². The van der Waals surface area contributed by atoms with Gasteiger partial charge in [-0.2, -0.15) is 5.26 Å². The molecule has 8 nitrogen and oxygen atoms in total. The average molecular weight is 455 g/mol. The van der Waals surface area contributed by atoms with Gasteiger partial charge in [0.2, 0.25) is 11.9 Å². The van der Waals surface area contributed by atoms with Crippen molar-refractivity contribution in [1.29, 1.82) is 5.26 Å². The lowest BCUT2D eigenvalue weighted by atomic mass is 10.00. The standard InChI is InChI=1S/C23H30N6O2S/c1-16-9-11-28(12-10-16)22-26-27-23(29(22)15-20-4-3-13-31-20)32-17(2)21(30)25-19-7-5-18(14-24)6-8-19/h5-8,16-17,20H,3-4,9-13,15H2,1-2H3,(H,25,30). The van der Waals surface area contributed by atoms with Gasteiger partial charge in [0.05, 0.1) is 29.5 Å². The number of nitrogens with one attached hydrogen (secondary N) is 1. The molecule has 2 unspecified atom stereocenters. The van der Waals surface area contributed by atoms with Gasteiger partial charge in [-0.3, -0.25) is 9.36 Å². The van der Waals surface area contributed by atoms with Crippen LogP contribution in [0, 0.1) is 17.2 Å². The molecular weight excluding hydrogens is 424 g/mol. The van der Waals surface area contributed by atoms with Crippen LogP contribution >= 0.6 is 11.8 Å². The molecule has 0 radical (unpaired) electrons. The van der Waals surface area contributed by atoms with E-state index in [4.69, 9.17) is 10.00 Å². The van der Waals surface area contributed by atoms with Crippen LogP contribution in [0.5, 0.6) is 0 Å². The molecule has 3 heterocycles. The lowest BCUT2D eigenvalue weighted by molar-refractivity contribution is -0.115. The summed E-state index contributed by atoms with van der Waals surface area (Å²) in [4.78, 5) is 15.1. The Morgan fingerprint density at radius 3 is 2.69 bits per heavy atom. The average Bonchev–Trinajstić information content (AvgIpc) is 3.46. The summed E-state index contributed by atoms with van der Waals surface area (Å²) in [5.74, 6) is 1.51. The summed E-state index contributed by atoms with van der Waals surface area (Å²) < 4.78 is 8.03. The molecular formula is C23H30N6O2S. The van der Waals surface area contributed by atoms with Crippen LogP contribution in [-0.2, 0) is 16.1 Å². The molecule has 1 aromatic heterocycles. The molecule has 2 fully saturated rings. The van der Waals surface area contributed by atoms with Crippen molar-refractivity contribution in [3.8, 4) is 6.07 Å². The van der Waals surface area contributed by atoms with Crippen molar-refractivity contribution >= 4 is 29.3 Å². The number of rotatable bonds is 7. The number of anilines is 2. The highest BCUT2D eigenvalue weighted by molar-refractivity contribution is 8.00. The van der Waals surface area contributed by atoms with Crippen LogP contribution in [0.25, 0.3) is 0 Å². The van der Waals surface area contributed by atoms with Crippen molar-refractivity contribution in [3.05, 3.63) is 29.8 Å². The van der Waals surface area contributed by atoms with E-state index in [1.165, 1.54) is 11.8 Å². The van der Waals surface area contributed by atoms with Gasteiger partial charge in [-0.15, -0.1) is 10.2 Å². The number of aromatic nitrogens is 3. The molecule has 9 heteroatoms. The van der Waals surface area contributed by atoms with E-state index in [0.717, 1.165) is 62.4 Å². The number of carbonyl (C=O) groups excluding carboxylic acids is 1. The fraction of sp³-hybridized carbons (Fsp3) is 0.565. The van der Waals surface area contributed by atoms with Crippen LogP contribution in [0.4, 0.5) is 11.6 Å². The second-order valence-corrected chi connectivity index (χ2v) is 9.94. The summed E-state index contributed by atoms with van der Waals surface area (Å²) in [6, 6.07) is 8.94. The number of hydrogen-bond donors (Lipinski definition) is 1. The first kappa shape index (κ1) is 22.6. The maximum absolute atomic E-state index is 12.8. The molecule has 0 aliphatic carbocycles. The summed E-state index contributed by atoms with van der Waals surface area (Å²) in [6.45, 7) is 7.63. The molecule has 0 bridgehead atoms. The Morgan fingerprint density at radius 1 is 1.28 bits per heavy atom. The minimum absolute atomic E-state index is 0.111. The van der Waals surface area contributed by atoms with Crippen LogP contribution in [0.15, 0.2) is 29.4 Å². The summed E-state index contributed by atoms with van der Waals surface area (Å²) in [5.41, 5.74) is 1.23. The van der Waals surface area contributed by atoms with Crippen LogP contribution in [0.2, 0.25) is 0 Å². The van der Waals surface area contributed by atoms with Crippen molar-refractivity contribution in [3.63, 3.8) is 0 Å². The van der Waals surface area contributed by atoms with E-state index in [1.807, 2.05) is 6.92 Å². The first-order valence-electron chi connectivity index (χ1n) is 11.3. The Kier molecular flexibility index (Phi) is 7.33. The smallest absolute Gasteiger partial charge is 0.237 e. The molecule has 2 saturated heterocycles. The second kappa shape index (κ2) is 10.4. The van der Waals surface area contributed by atoms with E-state index in [2.05, 4.69) is 38.0 Å². The molecule has 2 aliphatic rings. The third-order valence-corrected chi connectivity index (χ3v) is 7.19. The topological polar surface area (TPSA) is 96.1 Å². The number of nitriles is 1. The Morgan fingerprint density at radius 2 is 2.03 bits per heavy atom. The highest BCUT2D eigenvalue weighted by atomic mass is 32.2. The SMILES string of the molecule is CC1CCN(c2nnc(SC(C)C(=O)Nc3ccc(C#N)cc3)n2CC2CCCO2)CC1. The first-order chi connectivity index (χ1) is 15.5. The quantitative estimate of drug-likeness (QED) is 0.638. The van der Waals surface area contributed by atoms with Crippen molar-refractivity contribution < 1.29 is 9.53 Å². The van der Waals surface area contributed by atoms with Gasteiger partial charge in [-0.05, 0) is 62.8 Å². The van der Waals surface area contributed by atoms with Gasteiger partial charge < -0.3 is 15.0 Å². The fourth-order valence-corrected chi connectivity index (χ4v) is 4.90. The van der Waals surface area contributed by atoms with Crippen molar-refractivity contribution in [2.75, 3.05) is 29.9 Å². The van der Waals surface area contributed by atoms with Crippen molar-refractivity contribution in [2.24, 2.45) is 5.92 Å². The van der Waals surface area contributed by atoms with E-state index >= 15 is 0 Å². The number of carbonyl (C=O) groups is 1. The predicted molar refractivity (Wildman–Crippen MR) is 125 cm³/mol. The number of thioether (sulfide) groups is 1. The zero-order valence-electron chi connectivity index (χ0n) is 18.7. The Hall–Kier alpha value is -2.57. The minimum Gasteiger partial charge on any atom is -0.376 e. The van der Waals surface area contributed by atoms with Crippen LogP contribution < -0.4 is 10.2 Å². The number of hydrogen-bond acceptors (Lipinski definition) is 7. The molecule has 2 aromatic rings. The Bertz CT molecular complexity index is 956. The van der Waals surface area contributed by atoms with Gasteiger partial charge >= 0.3 is 0 Å². The van der Waals surface area contributed by atoms with Crippen LogP contribution in [-0.4, -0.2) is 51.7 Å². The van der Waals surface area contributed by atoms with E-state index in [0.29, 0.717) is 17.8 Å². The lowest BCUT2D eigenvalue weighted by Gasteiger charge is -2.31. The number of piperidine rings is 1. The fourth-order valence-electron chi connectivity index (χ4n) is 4.05. The monoisotopic (exact) mass is 454 g/mol. The summed E-state index contributed by atoms with van der Waals surface area (Å²) in [5, 5.41) is 21.2. The van der Waals surface area contributed by atoms with Crippen molar-refractivity contribution in [1.82, 2.24) is 14.8 Å². The zero-order valence-corrected chi connectivity index (χ0v) is 19.5. The largest absolute Gasteiger partial charge is 0.376 e. The molecule has 1 aromatic carbocycles. The molecule has 4 rings (SSSR count). The number of nitrogens with zero attached hydrogens (tertiary/aromatic N) is 5. The third-order valence-electron chi connectivity index (χ3n) is 6.11.